The summed E-state index contributed by atoms with van der Waals surface area (Å²) in [7, 11) is 0. The number of carbonyl (C=O) groups is 1. The van der Waals surface area contributed by atoms with Crippen molar-refractivity contribution in [3.63, 3.8) is 0 Å². The van der Waals surface area contributed by atoms with Gasteiger partial charge < -0.3 is 4.74 Å². The van der Waals surface area contributed by atoms with Crippen molar-refractivity contribution in [2.24, 2.45) is 0 Å². The van der Waals surface area contributed by atoms with Gasteiger partial charge >= 0.3 is 5.97 Å². The molecule has 2 atom stereocenters. The van der Waals surface area contributed by atoms with Gasteiger partial charge in [0.05, 0.1) is 11.6 Å². The van der Waals surface area contributed by atoms with Gasteiger partial charge in [-0.1, -0.05) is 19.1 Å². The molecule has 0 heterocycles. The Labute approximate surface area is 95.7 Å². The monoisotopic (exact) mass is 217 g/mol. The van der Waals surface area contributed by atoms with Gasteiger partial charge in [-0.05, 0) is 24.6 Å². The number of nitrogens with zero attached hydrogens (tertiary/aromatic N) is 1. The van der Waals surface area contributed by atoms with Crippen LogP contribution in [0.1, 0.15) is 37.8 Å². The molecule has 3 heteroatoms. The van der Waals surface area contributed by atoms with Crippen LogP contribution < -0.4 is 0 Å². The zero-order chi connectivity index (χ0) is 12.1. The Morgan fingerprint density at radius 1 is 1.31 bits per heavy atom. The summed E-state index contributed by atoms with van der Waals surface area (Å²) < 4.78 is 5.12. The number of benzene rings is 1. The fraction of sp³-hybridized carbons (Fsp3) is 0.385. The third-order valence-corrected chi connectivity index (χ3v) is 2.62. The zero-order valence-corrected chi connectivity index (χ0v) is 9.73. The first-order valence-corrected chi connectivity index (χ1v) is 5.22. The van der Waals surface area contributed by atoms with Crippen molar-refractivity contribution in [2.45, 2.75) is 32.8 Å². The molecule has 0 amide bonds. The molecule has 0 aliphatic rings. The summed E-state index contributed by atoms with van der Waals surface area (Å²) in [6, 6.07) is 9.39. The van der Waals surface area contributed by atoms with Gasteiger partial charge in [0.25, 0.3) is 0 Å². The molecule has 0 N–H and O–H groups in total. The van der Waals surface area contributed by atoms with Gasteiger partial charge in [-0.3, -0.25) is 4.79 Å². The van der Waals surface area contributed by atoms with E-state index in [4.69, 9.17) is 10.00 Å². The summed E-state index contributed by atoms with van der Waals surface area (Å²) in [5.41, 5.74) is 1.70. The molecule has 0 fully saturated rings. The van der Waals surface area contributed by atoms with Crippen LogP contribution in [-0.4, -0.2) is 12.1 Å². The highest BCUT2D eigenvalue weighted by molar-refractivity contribution is 5.66. The highest BCUT2D eigenvalue weighted by atomic mass is 16.5. The summed E-state index contributed by atoms with van der Waals surface area (Å²) in [5, 5.41) is 8.68. The Bertz CT molecular complexity index is 403. The van der Waals surface area contributed by atoms with E-state index in [-0.39, 0.29) is 18.0 Å². The Kier molecular flexibility index (Phi) is 4.07. The molecule has 1 aromatic rings. The first kappa shape index (κ1) is 12.3. The van der Waals surface area contributed by atoms with E-state index in [9.17, 15) is 4.79 Å². The zero-order valence-electron chi connectivity index (χ0n) is 9.73. The molecule has 84 valence electrons. The lowest BCUT2D eigenvalue weighted by atomic mass is 9.95. The van der Waals surface area contributed by atoms with Crippen molar-refractivity contribution in [3.8, 4) is 6.07 Å². The standard InChI is InChI=1S/C13H15NO2/c1-9(10(2)16-11(3)15)13-6-4-12(8-14)5-7-13/h4-7,9-10H,1-3H3/t9-,10-/m0/s1. The van der Waals surface area contributed by atoms with Crippen molar-refractivity contribution in [2.75, 3.05) is 0 Å². The van der Waals surface area contributed by atoms with E-state index < -0.39 is 0 Å². The topological polar surface area (TPSA) is 50.1 Å². The number of hydrogen-bond donors (Lipinski definition) is 0. The first-order chi connectivity index (χ1) is 7.54. The maximum atomic E-state index is 10.8. The second-order valence-electron chi connectivity index (χ2n) is 3.84. The molecule has 0 aromatic heterocycles. The lowest BCUT2D eigenvalue weighted by molar-refractivity contribution is -0.146. The van der Waals surface area contributed by atoms with Gasteiger partial charge in [0.2, 0.25) is 0 Å². The number of rotatable bonds is 3. The predicted octanol–water partition coefficient (Wildman–Crippen LogP) is 2.61. The van der Waals surface area contributed by atoms with Crippen LogP contribution in [-0.2, 0) is 9.53 Å². The molecule has 0 saturated carbocycles. The van der Waals surface area contributed by atoms with Gasteiger partial charge in [0, 0.05) is 12.8 Å². The minimum Gasteiger partial charge on any atom is -0.462 e. The van der Waals surface area contributed by atoms with Crippen molar-refractivity contribution in [3.05, 3.63) is 35.4 Å². The molecule has 1 rings (SSSR count). The lowest BCUT2D eigenvalue weighted by Gasteiger charge is -2.20. The van der Waals surface area contributed by atoms with E-state index >= 15 is 0 Å². The van der Waals surface area contributed by atoms with Gasteiger partial charge in [0.15, 0.2) is 0 Å². The Morgan fingerprint density at radius 3 is 2.31 bits per heavy atom. The number of carbonyl (C=O) groups excluding carboxylic acids is 1. The van der Waals surface area contributed by atoms with Crippen LogP contribution in [0.3, 0.4) is 0 Å². The van der Waals surface area contributed by atoms with Crippen LogP contribution in [0.15, 0.2) is 24.3 Å². The molecule has 3 nitrogen and oxygen atoms in total. The Balaban J connectivity index is 2.76. The normalized spacial score (nSPS) is 13.6. The largest absolute Gasteiger partial charge is 0.462 e. The third-order valence-electron chi connectivity index (χ3n) is 2.62. The van der Waals surface area contributed by atoms with Crippen LogP contribution in [0.5, 0.6) is 0 Å². The van der Waals surface area contributed by atoms with Gasteiger partial charge in [-0.25, -0.2) is 0 Å². The fourth-order valence-electron chi connectivity index (χ4n) is 1.50. The van der Waals surface area contributed by atoms with E-state index in [1.165, 1.54) is 6.92 Å². The maximum absolute atomic E-state index is 10.8. The Hall–Kier alpha value is -1.82. The number of hydrogen-bond acceptors (Lipinski definition) is 3. The van der Waals surface area contributed by atoms with Crippen molar-refractivity contribution < 1.29 is 9.53 Å². The minimum absolute atomic E-state index is 0.122. The number of ether oxygens (including phenoxy) is 1. The van der Waals surface area contributed by atoms with Crippen molar-refractivity contribution in [1.29, 1.82) is 5.26 Å². The van der Waals surface area contributed by atoms with Crippen LogP contribution in [0.4, 0.5) is 0 Å². The van der Waals surface area contributed by atoms with E-state index in [1.54, 1.807) is 12.1 Å². The highest BCUT2D eigenvalue weighted by Gasteiger charge is 2.16. The van der Waals surface area contributed by atoms with Crippen LogP contribution in [0, 0.1) is 11.3 Å². The fourth-order valence-corrected chi connectivity index (χ4v) is 1.50. The van der Waals surface area contributed by atoms with Gasteiger partial charge in [0.1, 0.15) is 6.10 Å². The van der Waals surface area contributed by atoms with Crippen molar-refractivity contribution in [1.82, 2.24) is 0 Å². The summed E-state index contributed by atoms with van der Waals surface area (Å²) in [6.45, 7) is 5.27. The molecule has 1 aromatic carbocycles. The minimum atomic E-state index is -0.270. The molecule has 0 aliphatic carbocycles. The predicted molar refractivity (Wildman–Crippen MR) is 60.8 cm³/mol. The summed E-state index contributed by atoms with van der Waals surface area (Å²) >= 11 is 0. The number of nitriles is 1. The van der Waals surface area contributed by atoms with Crippen LogP contribution >= 0.6 is 0 Å². The summed E-state index contributed by atoms with van der Waals surface area (Å²) in [6.07, 6.45) is -0.162. The SMILES string of the molecule is CC(=O)O[C@@H](C)[C@H](C)c1ccc(C#N)cc1. The smallest absolute Gasteiger partial charge is 0.302 e. The van der Waals surface area contributed by atoms with E-state index in [2.05, 4.69) is 6.07 Å². The van der Waals surface area contributed by atoms with Crippen LogP contribution in [0.25, 0.3) is 0 Å². The van der Waals surface area contributed by atoms with Gasteiger partial charge in [-0.2, -0.15) is 5.26 Å². The molecule has 0 unspecified atom stereocenters. The molecule has 0 bridgehead atoms. The Morgan fingerprint density at radius 2 is 1.88 bits per heavy atom. The quantitative estimate of drug-likeness (QED) is 0.731. The second kappa shape index (κ2) is 5.32. The molecule has 0 aliphatic heterocycles. The van der Waals surface area contributed by atoms with E-state index in [1.807, 2.05) is 26.0 Å². The lowest BCUT2D eigenvalue weighted by Crippen LogP contribution is -2.19. The second-order valence-corrected chi connectivity index (χ2v) is 3.84. The molecular weight excluding hydrogens is 202 g/mol. The average Bonchev–Trinajstić information content (AvgIpc) is 2.27. The highest BCUT2D eigenvalue weighted by Crippen LogP contribution is 2.21. The first-order valence-electron chi connectivity index (χ1n) is 5.22. The number of esters is 1. The van der Waals surface area contributed by atoms with E-state index in [0.717, 1.165) is 5.56 Å². The van der Waals surface area contributed by atoms with E-state index in [0.29, 0.717) is 5.56 Å². The maximum Gasteiger partial charge on any atom is 0.302 e. The molecule has 0 saturated heterocycles. The third kappa shape index (κ3) is 3.09. The molecule has 0 radical (unpaired) electrons. The molecule has 16 heavy (non-hydrogen) atoms. The summed E-state index contributed by atoms with van der Waals surface area (Å²) in [4.78, 5) is 10.8. The van der Waals surface area contributed by atoms with Gasteiger partial charge in [-0.15, -0.1) is 0 Å². The van der Waals surface area contributed by atoms with Crippen molar-refractivity contribution >= 4 is 5.97 Å². The molecule has 0 spiro atoms. The van der Waals surface area contributed by atoms with Crippen LogP contribution in [0.2, 0.25) is 0 Å². The summed E-state index contributed by atoms with van der Waals surface area (Å²) in [5.74, 6) is -0.148. The molecular formula is C13H15NO2. The average molecular weight is 217 g/mol.